The number of benzene rings is 1. The number of carbonyl (C=O) groups excluding carboxylic acids is 2. The number of nitrogens with zero attached hydrogens (tertiary/aromatic N) is 2. The Hall–Kier alpha value is -3.76. The molecule has 4 N–H and O–H groups in total. The largest absolute Gasteiger partial charge is 0.507 e. The number of alkyl carbamates (subject to hydrolysis) is 1. The van der Waals surface area contributed by atoms with E-state index in [1.807, 2.05) is 20.8 Å². The maximum Gasteiger partial charge on any atom is 0.407 e. The molecule has 2 saturated carbocycles. The van der Waals surface area contributed by atoms with Crippen molar-refractivity contribution in [2.75, 3.05) is 19.0 Å². The number of ether oxygens (including phenoxy) is 3. The molecular formula is C27H37N5O6. The molecule has 11 heteroatoms. The average molecular weight is 528 g/mol. The molecule has 2 atom stereocenters. The van der Waals surface area contributed by atoms with Crippen molar-refractivity contribution in [1.29, 1.82) is 0 Å². The molecule has 38 heavy (non-hydrogen) atoms. The summed E-state index contributed by atoms with van der Waals surface area (Å²) < 4.78 is 16.5. The molecule has 11 nitrogen and oxygen atoms in total. The molecular weight excluding hydrogens is 490 g/mol. The number of aromatic nitrogens is 2. The number of anilines is 1. The highest BCUT2D eigenvalue weighted by molar-refractivity contribution is 5.92. The van der Waals surface area contributed by atoms with E-state index in [9.17, 15) is 14.7 Å². The van der Waals surface area contributed by atoms with Crippen molar-refractivity contribution < 1.29 is 28.9 Å². The molecule has 1 aromatic carbocycles. The smallest absolute Gasteiger partial charge is 0.407 e. The van der Waals surface area contributed by atoms with Crippen molar-refractivity contribution in [3.8, 4) is 17.2 Å². The van der Waals surface area contributed by atoms with Crippen LogP contribution >= 0.6 is 0 Å². The Morgan fingerprint density at radius 3 is 2.76 bits per heavy atom. The van der Waals surface area contributed by atoms with Gasteiger partial charge in [0.1, 0.15) is 23.4 Å². The second-order valence-electron chi connectivity index (χ2n) is 10.6. The van der Waals surface area contributed by atoms with Crippen molar-refractivity contribution >= 4 is 24.0 Å². The number of phenols is 1. The number of methoxy groups -OCH3 is 1. The first-order chi connectivity index (χ1) is 18.1. The quantitative estimate of drug-likeness (QED) is 0.337. The van der Waals surface area contributed by atoms with Crippen LogP contribution in [0.5, 0.6) is 17.2 Å². The number of amides is 2. The summed E-state index contributed by atoms with van der Waals surface area (Å²) in [6, 6.07) is 4.86. The second kappa shape index (κ2) is 11.7. The van der Waals surface area contributed by atoms with Crippen LogP contribution in [0.2, 0.25) is 0 Å². The van der Waals surface area contributed by atoms with Crippen molar-refractivity contribution in [2.24, 2.45) is 4.99 Å². The van der Waals surface area contributed by atoms with Crippen LogP contribution in [0.1, 0.15) is 76.5 Å². The number of H-pyrrole nitrogens is 1. The lowest BCUT2D eigenvalue weighted by Crippen LogP contribution is -2.51. The van der Waals surface area contributed by atoms with Gasteiger partial charge in [-0.2, -0.15) is 5.10 Å². The van der Waals surface area contributed by atoms with Crippen molar-refractivity contribution in [2.45, 2.75) is 82.9 Å². The van der Waals surface area contributed by atoms with Gasteiger partial charge in [0.25, 0.3) is 5.91 Å². The SMILES string of the molecule is COc1cc(O)c(C=NC(C)C)c(OCC(=O)Nc2cc([C@H]3CC[C@@H](OC(=O)NC4(C)CCC4)C3)[nH]n2)c1. The molecule has 0 unspecified atom stereocenters. The lowest BCUT2D eigenvalue weighted by Gasteiger charge is -2.38. The van der Waals surface area contributed by atoms with E-state index in [-0.39, 0.29) is 47.8 Å². The van der Waals surface area contributed by atoms with Crippen LogP contribution < -0.4 is 20.1 Å². The summed E-state index contributed by atoms with van der Waals surface area (Å²) in [4.78, 5) is 29.1. The highest BCUT2D eigenvalue weighted by Crippen LogP contribution is 2.37. The van der Waals surface area contributed by atoms with Crippen LogP contribution in [0.15, 0.2) is 23.2 Å². The van der Waals surface area contributed by atoms with Crippen LogP contribution in [0.4, 0.5) is 10.6 Å². The van der Waals surface area contributed by atoms with Gasteiger partial charge in [0.15, 0.2) is 12.4 Å². The zero-order chi connectivity index (χ0) is 27.3. The van der Waals surface area contributed by atoms with Crippen LogP contribution in [0.3, 0.4) is 0 Å². The number of rotatable bonds is 10. The molecule has 1 aromatic heterocycles. The fraction of sp³-hybridized carbons (Fsp3) is 0.556. The number of phenolic OH excluding ortho intramolecular Hbond substituents is 1. The van der Waals surface area contributed by atoms with Crippen LogP contribution in [-0.4, -0.2) is 64.9 Å². The Bertz CT molecular complexity index is 1170. The molecule has 2 aliphatic rings. The molecule has 0 saturated heterocycles. The molecule has 2 fully saturated rings. The standard InChI is InChI=1S/C27H37N5O6/c1-16(2)28-14-20-22(33)11-19(36-4)12-23(20)37-15-25(34)29-24-13-21(31-32-24)17-6-7-18(10-17)38-26(35)30-27(3)8-5-9-27/h11-14,16-18,33H,5-10,15H2,1-4H3,(H,30,35)(H2,29,31,32,34)/t17-,18+/m0/s1. The van der Waals surface area contributed by atoms with E-state index in [2.05, 4.69) is 25.8 Å². The molecule has 206 valence electrons. The predicted molar refractivity (Wildman–Crippen MR) is 142 cm³/mol. The van der Waals surface area contributed by atoms with Gasteiger partial charge < -0.3 is 30.0 Å². The van der Waals surface area contributed by atoms with Gasteiger partial charge in [-0.1, -0.05) is 0 Å². The molecule has 2 aliphatic carbocycles. The van der Waals surface area contributed by atoms with Crippen molar-refractivity contribution in [3.63, 3.8) is 0 Å². The lowest BCUT2D eigenvalue weighted by molar-refractivity contribution is -0.118. The Balaban J connectivity index is 1.29. The van der Waals surface area contributed by atoms with Gasteiger partial charge in [-0.3, -0.25) is 14.9 Å². The summed E-state index contributed by atoms with van der Waals surface area (Å²) in [5.41, 5.74) is 1.11. The average Bonchev–Trinajstić information content (AvgIpc) is 3.50. The van der Waals surface area contributed by atoms with Gasteiger partial charge in [-0.15, -0.1) is 0 Å². The normalized spacial score (nSPS) is 20.2. The Kier molecular flexibility index (Phi) is 8.43. The van der Waals surface area contributed by atoms with E-state index in [1.165, 1.54) is 19.4 Å². The molecule has 0 bridgehead atoms. The molecule has 0 aliphatic heterocycles. The summed E-state index contributed by atoms with van der Waals surface area (Å²) >= 11 is 0. The molecule has 2 amide bonds. The van der Waals surface area contributed by atoms with E-state index in [0.717, 1.165) is 37.8 Å². The Morgan fingerprint density at radius 2 is 2.08 bits per heavy atom. The third kappa shape index (κ3) is 6.96. The summed E-state index contributed by atoms with van der Waals surface area (Å²) in [7, 11) is 1.48. The predicted octanol–water partition coefficient (Wildman–Crippen LogP) is 4.27. The minimum Gasteiger partial charge on any atom is -0.507 e. The first-order valence-electron chi connectivity index (χ1n) is 13.0. The number of aromatic amines is 1. The fourth-order valence-electron chi connectivity index (χ4n) is 4.70. The maximum atomic E-state index is 12.6. The van der Waals surface area contributed by atoms with Gasteiger partial charge in [0, 0.05) is 47.6 Å². The monoisotopic (exact) mass is 527 g/mol. The van der Waals surface area contributed by atoms with E-state index >= 15 is 0 Å². The zero-order valence-electron chi connectivity index (χ0n) is 22.4. The highest BCUT2D eigenvalue weighted by atomic mass is 16.6. The van der Waals surface area contributed by atoms with Gasteiger partial charge in [0.05, 0.1) is 12.7 Å². The summed E-state index contributed by atoms with van der Waals surface area (Å²) in [5.74, 6) is 0.731. The first-order valence-corrected chi connectivity index (χ1v) is 13.0. The number of nitrogens with one attached hydrogen (secondary N) is 3. The lowest BCUT2D eigenvalue weighted by atomic mass is 9.79. The van der Waals surface area contributed by atoms with Crippen LogP contribution in [-0.2, 0) is 9.53 Å². The van der Waals surface area contributed by atoms with Crippen molar-refractivity contribution in [3.05, 3.63) is 29.5 Å². The number of hydrogen-bond acceptors (Lipinski definition) is 8. The van der Waals surface area contributed by atoms with Gasteiger partial charge in [0.2, 0.25) is 0 Å². The minimum absolute atomic E-state index is 0.0242. The Morgan fingerprint density at radius 1 is 1.29 bits per heavy atom. The van der Waals surface area contributed by atoms with E-state index in [0.29, 0.717) is 23.6 Å². The zero-order valence-corrected chi connectivity index (χ0v) is 22.4. The molecule has 2 aromatic rings. The third-order valence-electron chi connectivity index (χ3n) is 7.01. The van der Waals surface area contributed by atoms with E-state index in [4.69, 9.17) is 14.2 Å². The van der Waals surface area contributed by atoms with Crippen molar-refractivity contribution in [1.82, 2.24) is 15.5 Å². The number of aliphatic imine (C=N–C) groups is 1. The van der Waals surface area contributed by atoms with E-state index < -0.39 is 5.91 Å². The molecule has 0 spiro atoms. The minimum atomic E-state index is -0.411. The fourth-order valence-corrected chi connectivity index (χ4v) is 4.70. The van der Waals surface area contributed by atoms with E-state index in [1.54, 1.807) is 12.1 Å². The van der Waals surface area contributed by atoms with Gasteiger partial charge in [-0.25, -0.2) is 4.79 Å². The second-order valence-corrected chi connectivity index (χ2v) is 10.6. The van der Waals surface area contributed by atoms with Crippen LogP contribution in [0, 0.1) is 0 Å². The summed E-state index contributed by atoms with van der Waals surface area (Å²) in [6.07, 6.45) is 6.45. The third-order valence-corrected chi connectivity index (χ3v) is 7.01. The number of hydrogen-bond donors (Lipinski definition) is 4. The highest BCUT2D eigenvalue weighted by Gasteiger charge is 2.36. The van der Waals surface area contributed by atoms with Gasteiger partial charge in [-0.05, 0) is 59.3 Å². The molecule has 0 radical (unpaired) electrons. The number of carbonyl (C=O) groups is 2. The maximum absolute atomic E-state index is 12.6. The molecule has 4 rings (SSSR count). The topological polar surface area (TPSA) is 147 Å². The summed E-state index contributed by atoms with van der Waals surface area (Å²) in [6.45, 7) is 5.57. The summed E-state index contributed by atoms with van der Waals surface area (Å²) in [5, 5.41) is 23.2. The number of aromatic hydroxyl groups is 1. The Labute approximate surface area is 222 Å². The van der Waals surface area contributed by atoms with Crippen LogP contribution in [0.25, 0.3) is 0 Å². The van der Waals surface area contributed by atoms with Gasteiger partial charge >= 0.3 is 6.09 Å². The molecule has 1 heterocycles. The first kappa shape index (κ1) is 27.3.